The fourth-order valence-corrected chi connectivity index (χ4v) is 1.37. The molecule has 0 aliphatic heterocycles. The molecule has 6 nitrogen and oxygen atoms in total. The lowest BCUT2D eigenvalue weighted by atomic mass is 10.1. The first kappa shape index (κ1) is 11.9. The van der Waals surface area contributed by atoms with Crippen LogP contribution in [-0.4, -0.2) is 25.1 Å². The lowest BCUT2D eigenvalue weighted by molar-refractivity contribution is -0.384. The summed E-state index contributed by atoms with van der Waals surface area (Å²) in [6.07, 6.45) is 0. The first-order chi connectivity index (χ1) is 7.60. The number of benzene rings is 1. The van der Waals surface area contributed by atoms with Crippen LogP contribution in [0.1, 0.15) is 5.56 Å². The van der Waals surface area contributed by atoms with Gasteiger partial charge in [-0.3, -0.25) is 10.1 Å². The van der Waals surface area contributed by atoms with E-state index in [1.54, 1.807) is 11.9 Å². The molecule has 0 fully saturated rings. The summed E-state index contributed by atoms with van der Waals surface area (Å²) >= 11 is 0. The van der Waals surface area contributed by atoms with E-state index in [-0.39, 0.29) is 5.69 Å². The number of nitro benzene ring substituents is 1. The third kappa shape index (κ3) is 2.46. The molecule has 0 atom stereocenters. The molecule has 0 saturated carbocycles. The highest BCUT2D eigenvalue weighted by Crippen LogP contribution is 2.27. The number of nitriles is 1. The first-order valence-corrected chi connectivity index (χ1v) is 4.70. The Balaban J connectivity index is 3.21. The van der Waals surface area contributed by atoms with Crippen molar-refractivity contribution in [1.82, 2.24) is 0 Å². The van der Waals surface area contributed by atoms with Crippen molar-refractivity contribution < 1.29 is 4.92 Å². The van der Waals surface area contributed by atoms with Crippen molar-refractivity contribution in [3.63, 3.8) is 0 Å². The molecule has 0 amide bonds. The predicted octanol–water partition coefficient (Wildman–Crippen LogP) is 0.861. The van der Waals surface area contributed by atoms with E-state index < -0.39 is 4.92 Å². The van der Waals surface area contributed by atoms with Crippen LogP contribution in [0.25, 0.3) is 0 Å². The summed E-state index contributed by atoms with van der Waals surface area (Å²) in [5, 5.41) is 19.5. The zero-order valence-electron chi connectivity index (χ0n) is 8.88. The van der Waals surface area contributed by atoms with Gasteiger partial charge in [-0.15, -0.1) is 0 Å². The monoisotopic (exact) mass is 220 g/mol. The number of nitrogens with zero attached hydrogens (tertiary/aromatic N) is 3. The zero-order valence-corrected chi connectivity index (χ0v) is 8.88. The molecule has 0 aliphatic carbocycles. The molecule has 0 heterocycles. The number of anilines is 1. The maximum Gasteiger partial charge on any atom is 0.292 e. The van der Waals surface area contributed by atoms with Gasteiger partial charge in [0.2, 0.25) is 0 Å². The van der Waals surface area contributed by atoms with Gasteiger partial charge in [0.25, 0.3) is 5.69 Å². The smallest absolute Gasteiger partial charge is 0.292 e. The van der Waals surface area contributed by atoms with Crippen LogP contribution in [0.2, 0.25) is 0 Å². The van der Waals surface area contributed by atoms with Crippen LogP contribution >= 0.6 is 0 Å². The highest BCUT2D eigenvalue weighted by molar-refractivity contribution is 5.65. The van der Waals surface area contributed by atoms with Crippen molar-refractivity contribution in [2.45, 2.75) is 0 Å². The molecule has 0 unspecified atom stereocenters. The number of nitro groups is 1. The van der Waals surface area contributed by atoms with Crippen molar-refractivity contribution in [2.75, 3.05) is 25.0 Å². The van der Waals surface area contributed by atoms with Crippen molar-refractivity contribution in [1.29, 1.82) is 5.26 Å². The highest BCUT2D eigenvalue weighted by atomic mass is 16.6. The van der Waals surface area contributed by atoms with Crippen LogP contribution in [0, 0.1) is 21.4 Å². The number of rotatable bonds is 4. The normalized spacial score (nSPS) is 9.56. The summed E-state index contributed by atoms with van der Waals surface area (Å²) in [6.45, 7) is 0.889. The quantitative estimate of drug-likeness (QED) is 0.599. The third-order valence-corrected chi connectivity index (χ3v) is 2.18. The standard InChI is InChI=1S/C10H12N4O2/c1-13(5-4-11)10-6-8(7-12)2-3-9(10)14(15)16/h2-3,6H,4-5,11H2,1H3. The fraction of sp³-hybridized carbons (Fsp3) is 0.300. The molecule has 0 radical (unpaired) electrons. The van der Waals surface area contributed by atoms with Gasteiger partial charge >= 0.3 is 0 Å². The maximum absolute atomic E-state index is 10.8. The molecule has 1 rings (SSSR count). The Bertz CT molecular complexity index is 439. The van der Waals surface area contributed by atoms with Gasteiger partial charge in [0.15, 0.2) is 0 Å². The number of hydrogen-bond acceptors (Lipinski definition) is 5. The molecular formula is C10H12N4O2. The van der Waals surface area contributed by atoms with Gasteiger partial charge in [0.1, 0.15) is 5.69 Å². The van der Waals surface area contributed by atoms with Gasteiger partial charge in [-0.25, -0.2) is 0 Å². The molecule has 2 N–H and O–H groups in total. The van der Waals surface area contributed by atoms with Gasteiger partial charge in [-0.1, -0.05) is 0 Å². The van der Waals surface area contributed by atoms with Gasteiger partial charge in [-0.05, 0) is 12.1 Å². The first-order valence-electron chi connectivity index (χ1n) is 4.70. The molecule has 16 heavy (non-hydrogen) atoms. The third-order valence-electron chi connectivity index (χ3n) is 2.18. The second-order valence-corrected chi connectivity index (χ2v) is 3.28. The molecule has 1 aromatic carbocycles. The lowest BCUT2D eigenvalue weighted by Gasteiger charge is -2.18. The summed E-state index contributed by atoms with van der Waals surface area (Å²) in [4.78, 5) is 12.0. The summed E-state index contributed by atoms with van der Waals surface area (Å²) in [7, 11) is 1.70. The molecule has 0 aromatic heterocycles. The van der Waals surface area contributed by atoms with E-state index in [2.05, 4.69) is 0 Å². The van der Waals surface area contributed by atoms with E-state index in [1.807, 2.05) is 6.07 Å². The van der Waals surface area contributed by atoms with E-state index in [0.717, 1.165) is 0 Å². The Morgan fingerprint density at radius 1 is 1.62 bits per heavy atom. The Morgan fingerprint density at radius 3 is 2.81 bits per heavy atom. The Hall–Kier alpha value is -2.13. The van der Waals surface area contributed by atoms with Crippen molar-refractivity contribution >= 4 is 11.4 Å². The Labute approximate surface area is 93.0 Å². The topological polar surface area (TPSA) is 96.2 Å². The molecule has 6 heteroatoms. The van der Waals surface area contributed by atoms with E-state index in [4.69, 9.17) is 11.0 Å². The molecule has 0 aliphatic rings. The fourth-order valence-electron chi connectivity index (χ4n) is 1.37. The van der Waals surface area contributed by atoms with E-state index in [0.29, 0.717) is 24.3 Å². The summed E-state index contributed by atoms with van der Waals surface area (Å²) in [6, 6.07) is 6.21. The van der Waals surface area contributed by atoms with Crippen LogP contribution < -0.4 is 10.6 Å². The summed E-state index contributed by atoms with van der Waals surface area (Å²) < 4.78 is 0. The van der Waals surface area contributed by atoms with Gasteiger partial charge in [0, 0.05) is 26.2 Å². The largest absolute Gasteiger partial charge is 0.368 e. The maximum atomic E-state index is 10.8. The predicted molar refractivity (Wildman–Crippen MR) is 60.1 cm³/mol. The van der Waals surface area contributed by atoms with Gasteiger partial charge in [0.05, 0.1) is 16.6 Å². The molecular weight excluding hydrogens is 208 g/mol. The van der Waals surface area contributed by atoms with Crippen LogP contribution in [0.5, 0.6) is 0 Å². The van der Waals surface area contributed by atoms with E-state index >= 15 is 0 Å². The Morgan fingerprint density at radius 2 is 2.31 bits per heavy atom. The van der Waals surface area contributed by atoms with E-state index in [1.165, 1.54) is 18.2 Å². The van der Waals surface area contributed by atoms with Crippen LogP contribution in [0.3, 0.4) is 0 Å². The van der Waals surface area contributed by atoms with Gasteiger partial charge < -0.3 is 10.6 Å². The second-order valence-electron chi connectivity index (χ2n) is 3.28. The minimum absolute atomic E-state index is 0.0186. The summed E-state index contributed by atoms with van der Waals surface area (Å²) in [5.41, 5.74) is 6.17. The minimum atomic E-state index is -0.469. The van der Waals surface area contributed by atoms with Crippen LogP contribution in [-0.2, 0) is 0 Å². The van der Waals surface area contributed by atoms with Crippen molar-refractivity contribution in [3.8, 4) is 6.07 Å². The number of likely N-dealkylation sites (N-methyl/N-ethyl adjacent to an activating group) is 1. The zero-order chi connectivity index (χ0) is 12.1. The van der Waals surface area contributed by atoms with Gasteiger partial charge in [-0.2, -0.15) is 5.26 Å². The number of nitrogens with two attached hydrogens (primary N) is 1. The molecule has 0 spiro atoms. The lowest BCUT2D eigenvalue weighted by Crippen LogP contribution is -2.25. The minimum Gasteiger partial charge on any atom is -0.368 e. The van der Waals surface area contributed by atoms with E-state index in [9.17, 15) is 10.1 Å². The second kappa shape index (κ2) is 5.09. The van der Waals surface area contributed by atoms with Crippen LogP contribution in [0.4, 0.5) is 11.4 Å². The molecule has 0 saturated heterocycles. The SMILES string of the molecule is CN(CCN)c1cc(C#N)ccc1[N+](=O)[O-]. The van der Waals surface area contributed by atoms with Crippen LogP contribution in [0.15, 0.2) is 18.2 Å². The molecule has 84 valence electrons. The average molecular weight is 220 g/mol. The molecule has 0 bridgehead atoms. The average Bonchev–Trinajstić information content (AvgIpc) is 2.28. The highest BCUT2D eigenvalue weighted by Gasteiger charge is 2.17. The van der Waals surface area contributed by atoms with Crippen molar-refractivity contribution in [3.05, 3.63) is 33.9 Å². The summed E-state index contributed by atoms with van der Waals surface area (Å²) in [5.74, 6) is 0. The van der Waals surface area contributed by atoms with Crippen molar-refractivity contribution in [2.24, 2.45) is 5.73 Å². The number of hydrogen-bond donors (Lipinski definition) is 1. The Kier molecular flexibility index (Phi) is 3.80. The molecule has 1 aromatic rings.